The lowest BCUT2D eigenvalue weighted by atomic mass is 9.72. The number of carbonyl (C=O) groups excluding carboxylic acids is 1. The summed E-state index contributed by atoms with van der Waals surface area (Å²) in [6.07, 6.45) is 2.91. The highest BCUT2D eigenvalue weighted by Gasteiger charge is 2.40. The summed E-state index contributed by atoms with van der Waals surface area (Å²) < 4.78 is 5.28. The molecule has 0 radical (unpaired) electrons. The second-order valence-corrected chi connectivity index (χ2v) is 5.67. The number of urea groups is 1. The van der Waals surface area contributed by atoms with Gasteiger partial charge in [-0.2, -0.15) is 4.80 Å². The Bertz CT molecular complexity index is 695. The first-order valence-corrected chi connectivity index (χ1v) is 7.55. The van der Waals surface area contributed by atoms with E-state index in [9.17, 15) is 4.79 Å². The normalized spacial score (nSPS) is 15.6. The minimum Gasteiger partial charge on any atom is -0.497 e. The molecule has 2 amide bonds. The van der Waals surface area contributed by atoms with Gasteiger partial charge in [0.1, 0.15) is 5.75 Å². The van der Waals surface area contributed by atoms with E-state index in [0.717, 1.165) is 30.6 Å². The Morgan fingerprint density at radius 1 is 1.43 bits per heavy atom. The molecule has 122 valence electrons. The predicted molar refractivity (Wildman–Crippen MR) is 82.7 cm³/mol. The number of rotatable bonds is 5. The molecule has 1 aliphatic rings. The van der Waals surface area contributed by atoms with E-state index in [1.807, 2.05) is 24.3 Å². The number of hydrogen-bond acceptors (Lipinski definition) is 5. The molecule has 23 heavy (non-hydrogen) atoms. The number of nitrogens with zero attached hydrogens (tertiary/aromatic N) is 4. The third-order valence-electron chi connectivity index (χ3n) is 4.14. The molecule has 1 aliphatic carbocycles. The number of aromatic nitrogens is 4. The molecule has 0 bridgehead atoms. The van der Waals surface area contributed by atoms with Crippen LogP contribution >= 0.6 is 0 Å². The fourth-order valence-electron chi connectivity index (χ4n) is 2.75. The summed E-state index contributed by atoms with van der Waals surface area (Å²) in [5.74, 6) is 1.27. The molecule has 0 atom stereocenters. The van der Waals surface area contributed by atoms with Crippen LogP contribution in [0.25, 0.3) is 0 Å². The molecular weight excluding hydrogens is 296 g/mol. The van der Waals surface area contributed by atoms with E-state index < -0.39 is 0 Å². The summed E-state index contributed by atoms with van der Waals surface area (Å²) in [5, 5.41) is 17.5. The van der Waals surface area contributed by atoms with E-state index in [-0.39, 0.29) is 18.1 Å². The van der Waals surface area contributed by atoms with Gasteiger partial charge in [-0.05, 0) is 42.2 Å². The number of nitrogens with one attached hydrogen (secondary N) is 2. The highest BCUT2D eigenvalue weighted by molar-refractivity contribution is 5.75. The highest BCUT2D eigenvalue weighted by atomic mass is 16.5. The summed E-state index contributed by atoms with van der Waals surface area (Å²) >= 11 is 0. The number of benzene rings is 1. The summed E-state index contributed by atoms with van der Waals surface area (Å²) in [5.41, 5.74) is 0.741. The van der Waals surface area contributed by atoms with Gasteiger partial charge in [-0.15, -0.1) is 10.2 Å². The Morgan fingerprint density at radius 2 is 2.26 bits per heavy atom. The fourth-order valence-corrected chi connectivity index (χ4v) is 2.75. The van der Waals surface area contributed by atoms with Crippen molar-refractivity contribution in [3.8, 4) is 5.75 Å². The van der Waals surface area contributed by atoms with Crippen LogP contribution in [0.2, 0.25) is 0 Å². The SMILES string of the molecule is COc1cccc(C2(NC(=O)NCc3nnn(C)n3)CCC2)c1. The van der Waals surface area contributed by atoms with E-state index >= 15 is 0 Å². The summed E-state index contributed by atoms with van der Waals surface area (Å²) in [7, 11) is 3.32. The average Bonchev–Trinajstić information content (AvgIpc) is 2.94. The van der Waals surface area contributed by atoms with Crippen LogP contribution in [0.3, 0.4) is 0 Å². The molecule has 1 heterocycles. The largest absolute Gasteiger partial charge is 0.497 e. The zero-order chi connectivity index (χ0) is 16.3. The molecule has 1 saturated carbocycles. The minimum atomic E-state index is -0.325. The van der Waals surface area contributed by atoms with Gasteiger partial charge in [0.25, 0.3) is 0 Å². The molecular formula is C15H20N6O2. The maximum Gasteiger partial charge on any atom is 0.315 e. The number of amides is 2. The number of methoxy groups -OCH3 is 1. The second kappa shape index (κ2) is 6.23. The Kier molecular flexibility index (Phi) is 4.14. The molecule has 8 nitrogen and oxygen atoms in total. The molecule has 0 spiro atoms. The topological polar surface area (TPSA) is 94.0 Å². The van der Waals surface area contributed by atoms with Crippen molar-refractivity contribution in [3.63, 3.8) is 0 Å². The Hall–Kier alpha value is -2.64. The van der Waals surface area contributed by atoms with Gasteiger partial charge in [-0.25, -0.2) is 4.79 Å². The highest BCUT2D eigenvalue weighted by Crippen LogP contribution is 2.42. The first-order valence-electron chi connectivity index (χ1n) is 7.55. The standard InChI is InChI=1S/C15H20N6O2/c1-21-19-13(18-20-21)10-16-14(22)17-15(7-4-8-15)11-5-3-6-12(9-11)23-2/h3,5-6,9H,4,7-8,10H2,1-2H3,(H2,16,17,22). The fraction of sp³-hybridized carbons (Fsp3) is 0.467. The molecule has 0 unspecified atom stereocenters. The summed E-state index contributed by atoms with van der Waals surface area (Å²) in [4.78, 5) is 13.6. The third kappa shape index (κ3) is 3.25. The van der Waals surface area contributed by atoms with Crippen molar-refractivity contribution < 1.29 is 9.53 Å². The molecule has 1 fully saturated rings. The summed E-state index contributed by atoms with van der Waals surface area (Å²) in [6.45, 7) is 0.244. The van der Waals surface area contributed by atoms with Crippen LogP contribution in [-0.4, -0.2) is 33.3 Å². The van der Waals surface area contributed by atoms with E-state index in [0.29, 0.717) is 5.82 Å². The number of ether oxygens (including phenoxy) is 1. The quantitative estimate of drug-likeness (QED) is 0.861. The smallest absolute Gasteiger partial charge is 0.315 e. The van der Waals surface area contributed by atoms with Gasteiger partial charge in [0.15, 0.2) is 5.82 Å². The monoisotopic (exact) mass is 316 g/mol. The lowest BCUT2D eigenvalue weighted by Gasteiger charge is -2.43. The van der Waals surface area contributed by atoms with Gasteiger partial charge in [-0.1, -0.05) is 12.1 Å². The van der Waals surface area contributed by atoms with Crippen molar-refractivity contribution in [2.75, 3.05) is 7.11 Å². The molecule has 2 aromatic rings. The van der Waals surface area contributed by atoms with Crippen molar-refractivity contribution in [1.29, 1.82) is 0 Å². The van der Waals surface area contributed by atoms with E-state index in [2.05, 4.69) is 26.0 Å². The van der Waals surface area contributed by atoms with E-state index in [1.54, 1.807) is 14.2 Å². The van der Waals surface area contributed by atoms with Crippen LogP contribution in [-0.2, 0) is 19.1 Å². The first kappa shape index (κ1) is 15.3. The van der Waals surface area contributed by atoms with Gasteiger partial charge < -0.3 is 15.4 Å². The van der Waals surface area contributed by atoms with Crippen molar-refractivity contribution in [2.45, 2.75) is 31.3 Å². The predicted octanol–water partition coefficient (Wildman–Crippen LogP) is 1.10. The van der Waals surface area contributed by atoms with Gasteiger partial charge in [0, 0.05) is 0 Å². The Morgan fingerprint density at radius 3 is 2.87 bits per heavy atom. The van der Waals surface area contributed by atoms with E-state index in [4.69, 9.17) is 4.74 Å². The van der Waals surface area contributed by atoms with Gasteiger partial charge in [-0.3, -0.25) is 0 Å². The van der Waals surface area contributed by atoms with Crippen LogP contribution < -0.4 is 15.4 Å². The average molecular weight is 316 g/mol. The zero-order valence-electron chi connectivity index (χ0n) is 13.2. The van der Waals surface area contributed by atoms with Crippen molar-refractivity contribution in [1.82, 2.24) is 30.8 Å². The van der Waals surface area contributed by atoms with Crippen LogP contribution in [0, 0.1) is 0 Å². The van der Waals surface area contributed by atoms with Gasteiger partial charge >= 0.3 is 6.03 Å². The number of aryl methyl sites for hydroxylation is 1. The van der Waals surface area contributed by atoms with Crippen LogP contribution in [0.1, 0.15) is 30.7 Å². The number of tetrazole rings is 1. The molecule has 0 aliphatic heterocycles. The minimum absolute atomic E-state index is 0.236. The van der Waals surface area contributed by atoms with Gasteiger partial charge in [0.2, 0.25) is 0 Å². The maximum atomic E-state index is 12.2. The van der Waals surface area contributed by atoms with Crippen LogP contribution in [0.4, 0.5) is 4.79 Å². The zero-order valence-corrected chi connectivity index (χ0v) is 13.2. The molecule has 1 aromatic carbocycles. The van der Waals surface area contributed by atoms with E-state index in [1.165, 1.54) is 4.80 Å². The van der Waals surface area contributed by atoms with Crippen LogP contribution in [0.5, 0.6) is 5.75 Å². The number of hydrogen-bond donors (Lipinski definition) is 2. The van der Waals surface area contributed by atoms with Crippen LogP contribution in [0.15, 0.2) is 24.3 Å². The lowest BCUT2D eigenvalue weighted by Crippen LogP contribution is -2.53. The van der Waals surface area contributed by atoms with Crippen molar-refractivity contribution in [3.05, 3.63) is 35.7 Å². The molecule has 2 N–H and O–H groups in total. The molecule has 0 saturated heterocycles. The molecule has 3 rings (SSSR count). The second-order valence-electron chi connectivity index (χ2n) is 5.67. The maximum absolute atomic E-state index is 12.2. The molecule has 8 heteroatoms. The molecule has 1 aromatic heterocycles. The number of carbonyl (C=O) groups is 1. The summed E-state index contributed by atoms with van der Waals surface area (Å²) in [6, 6.07) is 7.60. The van der Waals surface area contributed by atoms with Crippen molar-refractivity contribution >= 4 is 6.03 Å². The van der Waals surface area contributed by atoms with Crippen molar-refractivity contribution in [2.24, 2.45) is 7.05 Å². The first-order chi connectivity index (χ1) is 11.1. The third-order valence-corrected chi connectivity index (χ3v) is 4.14. The lowest BCUT2D eigenvalue weighted by molar-refractivity contribution is 0.176. The Balaban J connectivity index is 1.65. The Labute approximate surface area is 134 Å². The van der Waals surface area contributed by atoms with Gasteiger partial charge in [0.05, 0.1) is 26.2 Å².